The standard InChI is InChI=1S/C10H16N6O/c1-7(3-4-11)15(2)8-5-9-13-14-10(17)16(9)6-12-8/h5-7H,3-4,11H2,1-2H3,(H,14,17). The van der Waals surface area contributed by atoms with Crippen molar-refractivity contribution in [3.8, 4) is 0 Å². The fourth-order valence-electron chi connectivity index (χ4n) is 1.65. The lowest BCUT2D eigenvalue weighted by Crippen LogP contribution is -2.31. The molecule has 0 radical (unpaired) electrons. The van der Waals surface area contributed by atoms with Gasteiger partial charge in [0.1, 0.15) is 12.1 Å². The summed E-state index contributed by atoms with van der Waals surface area (Å²) in [5, 5.41) is 6.28. The van der Waals surface area contributed by atoms with E-state index in [1.54, 1.807) is 6.07 Å². The number of nitrogens with one attached hydrogen (secondary N) is 1. The van der Waals surface area contributed by atoms with Gasteiger partial charge in [0.25, 0.3) is 0 Å². The highest BCUT2D eigenvalue weighted by Crippen LogP contribution is 2.13. The van der Waals surface area contributed by atoms with Gasteiger partial charge in [0, 0.05) is 19.2 Å². The Bertz CT molecular complexity index is 559. The number of H-pyrrole nitrogens is 1. The van der Waals surface area contributed by atoms with Crippen LogP contribution in [0.15, 0.2) is 17.2 Å². The number of aromatic amines is 1. The third kappa shape index (κ3) is 2.14. The van der Waals surface area contributed by atoms with Crippen LogP contribution in [0.1, 0.15) is 13.3 Å². The summed E-state index contributed by atoms with van der Waals surface area (Å²) in [6, 6.07) is 2.06. The third-order valence-corrected chi connectivity index (χ3v) is 2.90. The van der Waals surface area contributed by atoms with Crippen LogP contribution >= 0.6 is 0 Å². The maximum atomic E-state index is 11.3. The highest BCUT2D eigenvalue weighted by molar-refractivity contribution is 5.50. The molecule has 2 heterocycles. The summed E-state index contributed by atoms with van der Waals surface area (Å²) in [5.74, 6) is 0.775. The minimum atomic E-state index is -0.281. The molecule has 2 aromatic heterocycles. The van der Waals surface area contributed by atoms with E-state index in [0.717, 1.165) is 12.2 Å². The Labute approximate surface area is 98.3 Å². The number of rotatable bonds is 4. The Balaban J connectivity index is 2.32. The first-order valence-electron chi connectivity index (χ1n) is 5.49. The summed E-state index contributed by atoms with van der Waals surface area (Å²) in [4.78, 5) is 17.5. The van der Waals surface area contributed by atoms with Gasteiger partial charge < -0.3 is 10.6 Å². The van der Waals surface area contributed by atoms with Crippen molar-refractivity contribution in [1.82, 2.24) is 19.6 Å². The highest BCUT2D eigenvalue weighted by atomic mass is 16.1. The number of nitrogens with two attached hydrogens (primary N) is 1. The molecular weight excluding hydrogens is 220 g/mol. The minimum Gasteiger partial charge on any atom is -0.357 e. The van der Waals surface area contributed by atoms with Crippen molar-refractivity contribution < 1.29 is 0 Å². The Kier molecular flexibility index (Phi) is 3.10. The average molecular weight is 236 g/mol. The fraction of sp³-hybridized carbons (Fsp3) is 0.500. The van der Waals surface area contributed by atoms with E-state index in [4.69, 9.17) is 5.73 Å². The predicted octanol–water partition coefficient (Wildman–Crippen LogP) is -0.409. The molecule has 0 saturated heterocycles. The molecule has 0 bridgehead atoms. The van der Waals surface area contributed by atoms with Crippen LogP contribution in [0.2, 0.25) is 0 Å². The summed E-state index contributed by atoms with van der Waals surface area (Å²) < 4.78 is 1.37. The Morgan fingerprint density at radius 3 is 3.12 bits per heavy atom. The van der Waals surface area contributed by atoms with Crippen molar-refractivity contribution in [2.24, 2.45) is 5.73 Å². The number of fused-ring (bicyclic) bond motifs is 1. The van der Waals surface area contributed by atoms with Crippen LogP contribution in [-0.4, -0.2) is 39.2 Å². The van der Waals surface area contributed by atoms with Crippen LogP contribution in [0, 0.1) is 0 Å². The van der Waals surface area contributed by atoms with E-state index in [1.807, 2.05) is 11.9 Å². The van der Waals surface area contributed by atoms with Crippen LogP contribution in [0.25, 0.3) is 5.65 Å². The van der Waals surface area contributed by atoms with E-state index in [1.165, 1.54) is 10.7 Å². The SMILES string of the molecule is CC(CCN)N(C)c1cc2n[nH]c(=O)n2cn1. The summed E-state index contributed by atoms with van der Waals surface area (Å²) >= 11 is 0. The fourth-order valence-corrected chi connectivity index (χ4v) is 1.65. The molecule has 7 nitrogen and oxygen atoms in total. The van der Waals surface area contributed by atoms with Gasteiger partial charge in [0.2, 0.25) is 0 Å². The molecule has 17 heavy (non-hydrogen) atoms. The Morgan fingerprint density at radius 2 is 2.41 bits per heavy atom. The van der Waals surface area contributed by atoms with Gasteiger partial charge >= 0.3 is 5.69 Å². The second kappa shape index (κ2) is 4.54. The van der Waals surface area contributed by atoms with Crippen LogP contribution < -0.4 is 16.3 Å². The zero-order chi connectivity index (χ0) is 12.4. The van der Waals surface area contributed by atoms with Gasteiger partial charge in [0.05, 0.1) is 0 Å². The van der Waals surface area contributed by atoms with Gasteiger partial charge in [-0.1, -0.05) is 0 Å². The van der Waals surface area contributed by atoms with Crippen LogP contribution in [0.3, 0.4) is 0 Å². The summed E-state index contributed by atoms with van der Waals surface area (Å²) in [6.07, 6.45) is 2.36. The number of anilines is 1. The average Bonchev–Trinajstić information content (AvgIpc) is 2.70. The topological polar surface area (TPSA) is 92.3 Å². The third-order valence-electron chi connectivity index (χ3n) is 2.90. The quantitative estimate of drug-likeness (QED) is 0.753. The first kappa shape index (κ1) is 11.6. The highest BCUT2D eigenvalue weighted by Gasteiger charge is 2.11. The molecule has 0 spiro atoms. The number of hydrogen-bond donors (Lipinski definition) is 2. The molecule has 0 amide bonds. The van der Waals surface area contributed by atoms with Crippen LogP contribution in [0.4, 0.5) is 5.82 Å². The van der Waals surface area contributed by atoms with Gasteiger partial charge in [-0.3, -0.25) is 0 Å². The molecule has 2 rings (SSSR count). The number of hydrogen-bond acceptors (Lipinski definition) is 5. The van der Waals surface area contributed by atoms with Gasteiger partial charge in [-0.15, -0.1) is 0 Å². The minimum absolute atomic E-state index is 0.281. The molecule has 0 aromatic carbocycles. The van der Waals surface area contributed by atoms with E-state index in [2.05, 4.69) is 22.1 Å². The Hall–Kier alpha value is -1.89. The molecule has 0 aliphatic rings. The molecule has 7 heteroatoms. The van der Waals surface area contributed by atoms with Crippen molar-refractivity contribution in [2.75, 3.05) is 18.5 Å². The van der Waals surface area contributed by atoms with Crippen molar-refractivity contribution in [2.45, 2.75) is 19.4 Å². The molecule has 0 aliphatic carbocycles. The van der Waals surface area contributed by atoms with E-state index >= 15 is 0 Å². The van der Waals surface area contributed by atoms with Crippen LogP contribution in [0.5, 0.6) is 0 Å². The van der Waals surface area contributed by atoms with Gasteiger partial charge in [-0.05, 0) is 19.9 Å². The van der Waals surface area contributed by atoms with E-state index in [0.29, 0.717) is 18.2 Å². The van der Waals surface area contributed by atoms with Crippen molar-refractivity contribution in [3.63, 3.8) is 0 Å². The lowest BCUT2D eigenvalue weighted by molar-refractivity contribution is 0.629. The van der Waals surface area contributed by atoms with Gasteiger partial charge in [-0.2, -0.15) is 5.10 Å². The van der Waals surface area contributed by atoms with E-state index < -0.39 is 0 Å². The molecule has 2 aromatic rings. The second-order valence-electron chi connectivity index (χ2n) is 4.04. The molecule has 1 atom stereocenters. The predicted molar refractivity (Wildman–Crippen MR) is 65.1 cm³/mol. The summed E-state index contributed by atoms with van der Waals surface area (Å²) in [6.45, 7) is 2.71. The Morgan fingerprint density at radius 1 is 1.65 bits per heavy atom. The van der Waals surface area contributed by atoms with Gasteiger partial charge in [-0.25, -0.2) is 19.3 Å². The maximum absolute atomic E-state index is 11.3. The first-order valence-corrected chi connectivity index (χ1v) is 5.49. The lowest BCUT2D eigenvalue weighted by Gasteiger charge is -2.25. The summed E-state index contributed by atoms with van der Waals surface area (Å²) in [7, 11) is 1.95. The molecule has 0 saturated carbocycles. The zero-order valence-electron chi connectivity index (χ0n) is 9.92. The van der Waals surface area contributed by atoms with Crippen molar-refractivity contribution >= 4 is 11.5 Å². The largest absolute Gasteiger partial charge is 0.357 e. The second-order valence-corrected chi connectivity index (χ2v) is 4.04. The number of nitrogens with zero attached hydrogens (tertiary/aromatic N) is 4. The molecule has 1 unspecified atom stereocenters. The monoisotopic (exact) mass is 236 g/mol. The zero-order valence-corrected chi connectivity index (χ0v) is 9.92. The van der Waals surface area contributed by atoms with E-state index in [9.17, 15) is 4.79 Å². The van der Waals surface area contributed by atoms with Crippen molar-refractivity contribution in [3.05, 3.63) is 22.9 Å². The van der Waals surface area contributed by atoms with E-state index in [-0.39, 0.29) is 5.69 Å². The molecule has 0 fully saturated rings. The molecule has 0 aliphatic heterocycles. The van der Waals surface area contributed by atoms with Gasteiger partial charge in [0.15, 0.2) is 5.65 Å². The molecule has 92 valence electrons. The molecular formula is C10H16N6O. The van der Waals surface area contributed by atoms with Crippen LogP contribution in [-0.2, 0) is 0 Å². The maximum Gasteiger partial charge on any atom is 0.348 e. The summed E-state index contributed by atoms with van der Waals surface area (Å²) in [5.41, 5.74) is 5.81. The normalized spacial score (nSPS) is 12.9. The lowest BCUT2D eigenvalue weighted by atomic mass is 10.2. The molecule has 3 N–H and O–H groups in total. The first-order chi connectivity index (χ1) is 8.13. The number of aromatic nitrogens is 4. The smallest absolute Gasteiger partial charge is 0.348 e. The van der Waals surface area contributed by atoms with Crippen molar-refractivity contribution in [1.29, 1.82) is 0 Å².